The number of hydrogen-bond acceptors (Lipinski definition) is 3. The van der Waals surface area contributed by atoms with Crippen molar-refractivity contribution in [1.29, 1.82) is 5.26 Å². The Morgan fingerprint density at radius 3 is 2.94 bits per heavy atom. The van der Waals surface area contributed by atoms with Crippen molar-refractivity contribution in [1.82, 2.24) is 4.98 Å². The quantitative estimate of drug-likeness (QED) is 0.853. The number of pyridine rings is 1. The number of anilines is 2. The molecule has 1 aromatic heterocycles. The molecule has 1 aromatic carbocycles. The Kier molecular flexibility index (Phi) is 3.54. The van der Waals surface area contributed by atoms with Crippen LogP contribution in [0.3, 0.4) is 0 Å². The number of aromatic nitrogens is 1. The van der Waals surface area contributed by atoms with Gasteiger partial charge in [0, 0.05) is 6.20 Å². The van der Waals surface area contributed by atoms with Crippen LogP contribution in [0.2, 0.25) is 0 Å². The second kappa shape index (κ2) is 5.10. The highest BCUT2D eigenvalue weighted by Gasteiger charge is 2.05. The molecule has 2 aromatic rings. The molecule has 1 N–H and O–H groups in total. The van der Waals surface area contributed by atoms with Crippen LogP contribution >= 0.6 is 22.6 Å². The lowest BCUT2D eigenvalue weighted by Gasteiger charge is -2.08. The maximum absolute atomic E-state index is 13.3. The normalized spacial score (nSPS) is 9.71. The van der Waals surface area contributed by atoms with Gasteiger partial charge in [-0.3, -0.25) is 0 Å². The van der Waals surface area contributed by atoms with Crippen molar-refractivity contribution in [3.05, 3.63) is 51.5 Å². The highest BCUT2D eigenvalue weighted by molar-refractivity contribution is 14.1. The Morgan fingerprint density at radius 1 is 1.35 bits per heavy atom. The largest absolute Gasteiger partial charge is 0.339 e. The van der Waals surface area contributed by atoms with Crippen molar-refractivity contribution in [2.75, 3.05) is 5.32 Å². The van der Waals surface area contributed by atoms with E-state index in [9.17, 15) is 4.39 Å². The van der Waals surface area contributed by atoms with Gasteiger partial charge in [-0.25, -0.2) is 9.37 Å². The van der Waals surface area contributed by atoms with Crippen LogP contribution in [0, 0.1) is 20.7 Å². The van der Waals surface area contributed by atoms with Crippen molar-refractivity contribution in [2.45, 2.75) is 0 Å². The van der Waals surface area contributed by atoms with Crippen LogP contribution < -0.4 is 5.32 Å². The summed E-state index contributed by atoms with van der Waals surface area (Å²) in [5, 5.41) is 11.7. The molecule has 0 bridgehead atoms. The maximum atomic E-state index is 13.3. The van der Waals surface area contributed by atoms with Crippen LogP contribution in [-0.4, -0.2) is 4.98 Å². The van der Waals surface area contributed by atoms with Crippen LogP contribution in [0.5, 0.6) is 0 Å². The molecule has 3 nitrogen and oxygen atoms in total. The predicted molar refractivity (Wildman–Crippen MR) is 71.4 cm³/mol. The summed E-state index contributed by atoms with van der Waals surface area (Å²) in [6.45, 7) is 0. The van der Waals surface area contributed by atoms with Gasteiger partial charge in [0.15, 0.2) is 0 Å². The van der Waals surface area contributed by atoms with Crippen molar-refractivity contribution < 1.29 is 4.39 Å². The zero-order valence-corrected chi connectivity index (χ0v) is 10.8. The molecule has 0 aliphatic heterocycles. The van der Waals surface area contributed by atoms with Gasteiger partial charge < -0.3 is 5.32 Å². The van der Waals surface area contributed by atoms with Gasteiger partial charge in [-0.1, -0.05) is 6.07 Å². The summed E-state index contributed by atoms with van der Waals surface area (Å²) in [6, 6.07) is 10.0. The van der Waals surface area contributed by atoms with Crippen molar-refractivity contribution in [3.8, 4) is 6.07 Å². The number of benzene rings is 1. The Balaban J connectivity index is 2.32. The van der Waals surface area contributed by atoms with Crippen LogP contribution in [0.4, 0.5) is 15.9 Å². The molecule has 2 rings (SSSR count). The molecular formula is C12H7FIN3. The van der Waals surface area contributed by atoms with Gasteiger partial charge in [-0.2, -0.15) is 5.26 Å². The van der Waals surface area contributed by atoms with Gasteiger partial charge in [0.25, 0.3) is 0 Å². The van der Waals surface area contributed by atoms with Crippen molar-refractivity contribution in [2.24, 2.45) is 0 Å². The zero-order valence-electron chi connectivity index (χ0n) is 8.61. The van der Waals surface area contributed by atoms with Gasteiger partial charge in [-0.15, -0.1) is 0 Å². The van der Waals surface area contributed by atoms with Crippen LogP contribution in [0.25, 0.3) is 0 Å². The monoisotopic (exact) mass is 339 g/mol. The Labute approximate surface area is 111 Å². The molecular weight excluding hydrogens is 332 g/mol. The molecule has 0 spiro atoms. The molecule has 0 unspecified atom stereocenters. The standard InChI is InChI=1S/C12H7FIN3/c13-9-2-1-3-10(12(9)14)17-11-6-8(7-15)4-5-16-11/h1-6H,(H,16,17). The third-order valence-electron chi connectivity index (χ3n) is 2.10. The second-order valence-electron chi connectivity index (χ2n) is 3.27. The predicted octanol–water partition coefficient (Wildman–Crippen LogP) is 3.44. The molecule has 0 radical (unpaired) electrons. The second-order valence-corrected chi connectivity index (χ2v) is 4.35. The van der Waals surface area contributed by atoms with Gasteiger partial charge in [0.1, 0.15) is 11.6 Å². The molecule has 0 aliphatic rings. The number of nitrogens with zero attached hydrogens (tertiary/aromatic N) is 2. The molecule has 0 aliphatic carbocycles. The first-order chi connectivity index (χ1) is 8.20. The van der Waals surface area contributed by atoms with E-state index in [0.29, 0.717) is 20.6 Å². The highest BCUT2D eigenvalue weighted by Crippen LogP contribution is 2.23. The van der Waals surface area contributed by atoms with E-state index in [1.54, 1.807) is 24.3 Å². The van der Waals surface area contributed by atoms with Crippen LogP contribution in [0.15, 0.2) is 36.5 Å². The maximum Gasteiger partial charge on any atom is 0.138 e. The van der Waals surface area contributed by atoms with E-state index in [2.05, 4.69) is 10.3 Å². The topological polar surface area (TPSA) is 48.7 Å². The minimum atomic E-state index is -0.285. The van der Waals surface area contributed by atoms with E-state index in [4.69, 9.17) is 5.26 Å². The summed E-state index contributed by atoms with van der Waals surface area (Å²) in [5.74, 6) is 0.236. The molecule has 0 saturated heterocycles. The molecule has 1 heterocycles. The SMILES string of the molecule is N#Cc1ccnc(Nc2cccc(F)c2I)c1. The lowest BCUT2D eigenvalue weighted by Crippen LogP contribution is -1.97. The van der Waals surface area contributed by atoms with Gasteiger partial charge in [-0.05, 0) is 46.9 Å². The summed E-state index contributed by atoms with van der Waals surface area (Å²) in [6.07, 6.45) is 1.53. The molecule has 0 saturated carbocycles. The first-order valence-electron chi connectivity index (χ1n) is 4.78. The summed E-state index contributed by atoms with van der Waals surface area (Å²) in [5.41, 5.74) is 1.14. The smallest absolute Gasteiger partial charge is 0.138 e. The van der Waals surface area contributed by atoms with E-state index in [1.807, 2.05) is 28.7 Å². The molecule has 0 fully saturated rings. The number of halogens is 2. The average Bonchev–Trinajstić information content (AvgIpc) is 2.35. The zero-order chi connectivity index (χ0) is 12.3. The van der Waals surface area contributed by atoms with Gasteiger partial charge in [0.2, 0.25) is 0 Å². The molecule has 84 valence electrons. The Hall–Kier alpha value is -1.68. The fourth-order valence-corrected chi connectivity index (χ4v) is 1.80. The Morgan fingerprint density at radius 2 is 2.18 bits per heavy atom. The first-order valence-corrected chi connectivity index (χ1v) is 5.86. The number of hydrogen-bond donors (Lipinski definition) is 1. The number of nitriles is 1. The minimum Gasteiger partial charge on any atom is -0.339 e. The van der Waals surface area contributed by atoms with Crippen molar-refractivity contribution >= 4 is 34.1 Å². The van der Waals surface area contributed by atoms with Crippen LogP contribution in [-0.2, 0) is 0 Å². The summed E-state index contributed by atoms with van der Waals surface area (Å²) in [7, 11) is 0. The van der Waals surface area contributed by atoms with Crippen LogP contribution in [0.1, 0.15) is 5.56 Å². The molecule has 0 atom stereocenters. The third-order valence-corrected chi connectivity index (χ3v) is 3.20. The van der Waals surface area contributed by atoms with E-state index in [-0.39, 0.29) is 5.82 Å². The number of rotatable bonds is 2. The van der Waals surface area contributed by atoms with E-state index in [1.165, 1.54) is 12.3 Å². The lowest BCUT2D eigenvalue weighted by atomic mass is 10.2. The summed E-state index contributed by atoms with van der Waals surface area (Å²) < 4.78 is 13.8. The van der Waals surface area contributed by atoms with Crippen molar-refractivity contribution in [3.63, 3.8) is 0 Å². The lowest BCUT2D eigenvalue weighted by molar-refractivity contribution is 0.621. The summed E-state index contributed by atoms with van der Waals surface area (Å²) in [4.78, 5) is 4.07. The molecule has 17 heavy (non-hydrogen) atoms. The number of nitrogens with one attached hydrogen (secondary N) is 1. The average molecular weight is 339 g/mol. The van der Waals surface area contributed by atoms with E-state index in [0.717, 1.165) is 0 Å². The summed E-state index contributed by atoms with van der Waals surface area (Å²) >= 11 is 1.92. The van der Waals surface area contributed by atoms with Gasteiger partial charge >= 0.3 is 0 Å². The fourth-order valence-electron chi connectivity index (χ4n) is 1.31. The molecule has 0 amide bonds. The highest BCUT2D eigenvalue weighted by atomic mass is 127. The van der Waals surface area contributed by atoms with E-state index >= 15 is 0 Å². The molecule has 5 heteroatoms. The minimum absolute atomic E-state index is 0.285. The third kappa shape index (κ3) is 2.71. The van der Waals surface area contributed by atoms with Gasteiger partial charge in [0.05, 0.1) is 20.9 Å². The van der Waals surface area contributed by atoms with E-state index < -0.39 is 0 Å². The Bertz CT molecular complexity index is 593. The first kappa shape index (κ1) is 11.8. The fraction of sp³-hybridized carbons (Fsp3) is 0.